The lowest BCUT2D eigenvalue weighted by Gasteiger charge is -2.05. The Labute approximate surface area is 81.4 Å². The van der Waals surface area contributed by atoms with Gasteiger partial charge in [-0.1, -0.05) is 13.8 Å². The molecule has 0 atom stereocenters. The number of carboxylic acids is 1. The Morgan fingerprint density at radius 3 is 2.85 bits per heavy atom. The van der Waals surface area contributed by atoms with Crippen LogP contribution in [-0.2, 0) is 6.54 Å². The van der Waals surface area contributed by atoms with E-state index in [-0.39, 0.29) is 0 Å². The Hall–Kier alpha value is -0.870. The van der Waals surface area contributed by atoms with Crippen molar-refractivity contribution in [1.29, 1.82) is 0 Å². The van der Waals surface area contributed by atoms with Crippen molar-refractivity contribution < 1.29 is 9.90 Å². The molecule has 0 aliphatic rings. The fourth-order valence-corrected chi connectivity index (χ4v) is 1.65. The van der Waals surface area contributed by atoms with Gasteiger partial charge < -0.3 is 10.4 Å². The van der Waals surface area contributed by atoms with Crippen LogP contribution in [0.5, 0.6) is 0 Å². The van der Waals surface area contributed by atoms with E-state index in [4.69, 9.17) is 5.11 Å². The van der Waals surface area contributed by atoms with Crippen LogP contribution in [-0.4, -0.2) is 17.1 Å². The third-order valence-corrected chi connectivity index (χ3v) is 2.55. The predicted molar refractivity (Wildman–Crippen MR) is 53.3 cm³/mol. The number of thiophene rings is 1. The fourth-order valence-electron chi connectivity index (χ4n) is 0.902. The Kier molecular flexibility index (Phi) is 3.45. The average Bonchev–Trinajstić information content (AvgIpc) is 2.48. The summed E-state index contributed by atoms with van der Waals surface area (Å²) < 4.78 is 0. The molecule has 1 rings (SSSR count). The van der Waals surface area contributed by atoms with Crippen molar-refractivity contribution in [3.63, 3.8) is 0 Å². The van der Waals surface area contributed by atoms with Crippen molar-refractivity contribution in [2.45, 2.75) is 26.4 Å². The van der Waals surface area contributed by atoms with E-state index >= 15 is 0 Å². The van der Waals surface area contributed by atoms with Gasteiger partial charge in [0.2, 0.25) is 0 Å². The highest BCUT2D eigenvalue weighted by Crippen LogP contribution is 2.14. The number of nitrogens with one attached hydrogen (secondary N) is 1. The van der Waals surface area contributed by atoms with Crippen LogP contribution in [0.2, 0.25) is 0 Å². The molecule has 0 amide bonds. The van der Waals surface area contributed by atoms with E-state index < -0.39 is 5.97 Å². The normalized spacial score (nSPS) is 10.7. The summed E-state index contributed by atoms with van der Waals surface area (Å²) >= 11 is 1.27. The highest BCUT2D eigenvalue weighted by atomic mass is 32.1. The highest BCUT2D eigenvalue weighted by Gasteiger charge is 2.06. The Morgan fingerprint density at radius 1 is 1.69 bits per heavy atom. The van der Waals surface area contributed by atoms with E-state index in [1.807, 2.05) is 5.38 Å². The van der Waals surface area contributed by atoms with Crippen LogP contribution < -0.4 is 5.32 Å². The Bertz CT molecular complexity index is 294. The molecule has 13 heavy (non-hydrogen) atoms. The number of rotatable bonds is 4. The molecule has 3 nitrogen and oxygen atoms in total. The minimum absolute atomic E-state index is 0.403. The van der Waals surface area contributed by atoms with Gasteiger partial charge in [0.15, 0.2) is 0 Å². The molecule has 2 N–H and O–H groups in total. The number of hydrogen-bond acceptors (Lipinski definition) is 3. The van der Waals surface area contributed by atoms with Crippen LogP contribution in [0.25, 0.3) is 0 Å². The van der Waals surface area contributed by atoms with Crippen LogP contribution in [0.1, 0.15) is 29.1 Å². The van der Waals surface area contributed by atoms with Crippen LogP contribution in [0.4, 0.5) is 0 Å². The summed E-state index contributed by atoms with van der Waals surface area (Å²) in [5, 5.41) is 13.8. The van der Waals surface area contributed by atoms with Crippen molar-refractivity contribution in [2.24, 2.45) is 0 Å². The standard InChI is InChI=1S/C9H13NO2S/c1-6(2)10-4-7-3-8(9(11)12)13-5-7/h3,5-6,10H,4H2,1-2H3,(H,11,12). The van der Waals surface area contributed by atoms with Crippen LogP contribution >= 0.6 is 11.3 Å². The van der Waals surface area contributed by atoms with Gasteiger partial charge in [0.1, 0.15) is 4.88 Å². The molecule has 0 saturated heterocycles. The second-order valence-electron chi connectivity index (χ2n) is 3.16. The van der Waals surface area contributed by atoms with Crippen molar-refractivity contribution in [1.82, 2.24) is 5.32 Å². The second-order valence-corrected chi connectivity index (χ2v) is 4.07. The third-order valence-electron chi connectivity index (χ3n) is 1.58. The lowest BCUT2D eigenvalue weighted by atomic mass is 10.3. The van der Waals surface area contributed by atoms with Gasteiger partial charge >= 0.3 is 5.97 Å². The quantitative estimate of drug-likeness (QED) is 0.779. The monoisotopic (exact) mass is 199 g/mol. The molecule has 0 radical (unpaired) electrons. The van der Waals surface area contributed by atoms with E-state index in [0.29, 0.717) is 10.9 Å². The summed E-state index contributed by atoms with van der Waals surface area (Å²) in [5.74, 6) is -0.846. The van der Waals surface area contributed by atoms with Gasteiger partial charge in [-0.15, -0.1) is 11.3 Å². The molecule has 0 spiro atoms. The van der Waals surface area contributed by atoms with E-state index in [2.05, 4.69) is 19.2 Å². The zero-order valence-electron chi connectivity index (χ0n) is 7.70. The van der Waals surface area contributed by atoms with Gasteiger partial charge in [0, 0.05) is 12.6 Å². The lowest BCUT2D eigenvalue weighted by molar-refractivity contribution is 0.0702. The van der Waals surface area contributed by atoms with E-state index in [1.165, 1.54) is 11.3 Å². The molecule has 1 heterocycles. The average molecular weight is 199 g/mol. The molecular formula is C9H13NO2S. The number of carboxylic acid groups (broad SMARTS) is 1. The maximum absolute atomic E-state index is 10.5. The van der Waals surface area contributed by atoms with Gasteiger partial charge in [-0.3, -0.25) is 0 Å². The minimum Gasteiger partial charge on any atom is -0.477 e. The Balaban J connectivity index is 2.54. The zero-order chi connectivity index (χ0) is 9.84. The van der Waals surface area contributed by atoms with Gasteiger partial charge in [0.25, 0.3) is 0 Å². The van der Waals surface area contributed by atoms with Crippen LogP contribution in [0.15, 0.2) is 11.4 Å². The predicted octanol–water partition coefficient (Wildman–Crippen LogP) is 1.94. The van der Waals surface area contributed by atoms with Crippen LogP contribution in [0, 0.1) is 0 Å². The van der Waals surface area contributed by atoms with Gasteiger partial charge in [0.05, 0.1) is 0 Å². The van der Waals surface area contributed by atoms with Crippen molar-refractivity contribution in [2.75, 3.05) is 0 Å². The fraction of sp³-hybridized carbons (Fsp3) is 0.444. The van der Waals surface area contributed by atoms with E-state index in [1.54, 1.807) is 6.07 Å². The van der Waals surface area contributed by atoms with Crippen molar-refractivity contribution >= 4 is 17.3 Å². The van der Waals surface area contributed by atoms with Gasteiger partial charge in [-0.25, -0.2) is 4.79 Å². The third kappa shape index (κ3) is 3.16. The Morgan fingerprint density at radius 2 is 2.38 bits per heavy atom. The molecule has 0 aliphatic heterocycles. The molecular weight excluding hydrogens is 186 g/mol. The molecule has 1 aromatic heterocycles. The van der Waals surface area contributed by atoms with E-state index in [9.17, 15) is 4.79 Å². The molecule has 0 saturated carbocycles. The second kappa shape index (κ2) is 4.39. The lowest BCUT2D eigenvalue weighted by Crippen LogP contribution is -2.21. The first-order chi connectivity index (χ1) is 6.09. The maximum atomic E-state index is 10.5. The number of aromatic carboxylic acids is 1. The molecule has 0 aromatic carbocycles. The molecule has 0 fully saturated rings. The van der Waals surface area contributed by atoms with Crippen molar-refractivity contribution in [3.05, 3.63) is 21.9 Å². The summed E-state index contributed by atoms with van der Waals surface area (Å²) in [4.78, 5) is 10.9. The smallest absolute Gasteiger partial charge is 0.345 e. The molecule has 0 aliphatic carbocycles. The molecule has 0 bridgehead atoms. The van der Waals surface area contributed by atoms with Crippen molar-refractivity contribution in [3.8, 4) is 0 Å². The topological polar surface area (TPSA) is 49.3 Å². The summed E-state index contributed by atoms with van der Waals surface area (Å²) in [6.07, 6.45) is 0. The number of hydrogen-bond donors (Lipinski definition) is 2. The summed E-state index contributed by atoms with van der Waals surface area (Å²) in [7, 11) is 0. The minimum atomic E-state index is -0.846. The van der Waals surface area contributed by atoms with Crippen LogP contribution in [0.3, 0.4) is 0 Å². The maximum Gasteiger partial charge on any atom is 0.345 e. The summed E-state index contributed by atoms with van der Waals surface area (Å²) in [6, 6.07) is 2.13. The summed E-state index contributed by atoms with van der Waals surface area (Å²) in [5.41, 5.74) is 1.04. The zero-order valence-corrected chi connectivity index (χ0v) is 8.52. The first-order valence-electron chi connectivity index (χ1n) is 4.13. The first-order valence-corrected chi connectivity index (χ1v) is 5.01. The van der Waals surface area contributed by atoms with E-state index in [0.717, 1.165) is 12.1 Å². The molecule has 0 unspecified atom stereocenters. The molecule has 1 aromatic rings. The summed E-state index contributed by atoms with van der Waals surface area (Å²) in [6.45, 7) is 4.86. The molecule has 72 valence electrons. The first kappa shape index (κ1) is 10.2. The number of carbonyl (C=O) groups is 1. The highest BCUT2D eigenvalue weighted by molar-refractivity contribution is 7.12. The largest absolute Gasteiger partial charge is 0.477 e. The molecule has 4 heteroatoms. The van der Waals surface area contributed by atoms with Gasteiger partial charge in [-0.05, 0) is 17.0 Å². The SMILES string of the molecule is CC(C)NCc1csc(C(=O)O)c1. The van der Waals surface area contributed by atoms with Gasteiger partial charge in [-0.2, -0.15) is 0 Å².